The molecule has 2 heteroatoms. The van der Waals surface area contributed by atoms with Crippen LogP contribution in [-0.2, 0) is 9.53 Å². The van der Waals surface area contributed by atoms with Crippen LogP contribution in [0.2, 0.25) is 0 Å². The Bertz CT molecular complexity index is 386. The first kappa shape index (κ1) is 12.2. The summed E-state index contributed by atoms with van der Waals surface area (Å²) in [6.45, 7) is 7.38. The van der Waals surface area contributed by atoms with Crippen molar-refractivity contribution in [2.24, 2.45) is 0 Å². The first-order chi connectivity index (χ1) is 7.63. The molecule has 0 fully saturated rings. The predicted octanol–water partition coefficient (Wildman–Crippen LogP) is 3.42. The molecule has 0 spiro atoms. The van der Waals surface area contributed by atoms with Crippen molar-refractivity contribution in [3.8, 4) is 0 Å². The Hall–Kier alpha value is -1.83. The summed E-state index contributed by atoms with van der Waals surface area (Å²) in [4.78, 5) is 11.4. The van der Waals surface area contributed by atoms with Gasteiger partial charge in [-0.15, -0.1) is 0 Å². The average Bonchev–Trinajstić information content (AvgIpc) is 2.26. The molecule has 16 heavy (non-hydrogen) atoms. The summed E-state index contributed by atoms with van der Waals surface area (Å²) in [6, 6.07) is 9.53. The maximum atomic E-state index is 11.4. The number of ether oxygens (including phenoxy) is 1. The summed E-state index contributed by atoms with van der Waals surface area (Å²) in [5, 5.41) is 0. The topological polar surface area (TPSA) is 26.3 Å². The van der Waals surface area contributed by atoms with E-state index >= 15 is 0 Å². The van der Waals surface area contributed by atoms with E-state index in [9.17, 15) is 4.79 Å². The normalized spacial score (nSPS) is 11.4. The second-order valence-corrected chi connectivity index (χ2v) is 3.73. The summed E-state index contributed by atoms with van der Waals surface area (Å²) in [5.41, 5.74) is 1.84. The van der Waals surface area contributed by atoms with Crippen LogP contribution in [0.25, 0.3) is 0 Å². The minimum Gasteiger partial charge on any atom is -0.450 e. The van der Waals surface area contributed by atoms with Gasteiger partial charge < -0.3 is 4.74 Å². The van der Waals surface area contributed by atoms with Gasteiger partial charge in [0.05, 0.1) is 0 Å². The van der Waals surface area contributed by atoms with Crippen LogP contribution in [0.3, 0.4) is 0 Å². The third-order valence-corrected chi connectivity index (χ3v) is 1.99. The summed E-state index contributed by atoms with van der Waals surface area (Å²) in [6.07, 6.45) is 2.70. The van der Waals surface area contributed by atoms with Crippen LogP contribution in [0.4, 0.5) is 0 Å². The molecule has 0 N–H and O–H groups in total. The number of carbonyl (C=O) groups is 1. The molecule has 0 radical (unpaired) electrons. The van der Waals surface area contributed by atoms with Crippen LogP contribution < -0.4 is 0 Å². The fourth-order valence-electron chi connectivity index (χ4n) is 1.29. The molecule has 84 valence electrons. The number of allylic oxidation sites excluding steroid dienone is 1. The van der Waals surface area contributed by atoms with Gasteiger partial charge >= 0.3 is 5.97 Å². The highest BCUT2D eigenvalue weighted by Gasteiger charge is 2.10. The van der Waals surface area contributed by atoms with E-state index in [1.54, 1.807) is 6.08 Å². The lowest BCUT2D eigenvalue weighted by Crippen LogP contribution is -2.07. The lowest BCUT2D eigenvalue weighted by Gasteiger charge is -2.13. The van der Waals surface area contributed by atoms with Crippen molar-refractivity contribution in [2.75, 3.05) is 0 Å². The SMILES string of the molecule is C=CC(OC(=O)C=C(C)C)c1ccccc1. The number of benzene rings is 1. The Morgan fingerprint density at radius 1 is 1.31 bits per heavy atom. The Balaban J connectivity index is 2.74. The van der Waals surface area contributed by atoms with Crippen molar-refractivity contribution in [1.82, 2.24) is 0 Å². The van der Waals surface area contributed by atoms with Gasteiger partial charge in [0.25, 0.3) is 0 Å². The largest absolute Gasteiger partial charge is 0.450 e. The van der Waals surface area contributed by atoms with Crippen molar-refractivity contribution in [2.45, 2.75) is 20.0 Å². The summed E-state index contributed by atoms with van der Waals surface area (Å²) < 4.78 is 5.26. The van der Waals surface area contributed by atoms with Gasteiger partial charge in [-0.1, -0.05) is 42.5 Å². The molecule has 0 amide bonds. The van der Waals surface area contributed by atoms with Crippen molar-refractivity contribution in [3.63, 3.8) is 0 Å². The molecule has 1 unspecified atom stereocenters. The molecule has 1 rings (SSSR count). The minimum atomic E-state index is -0.385. The van der Waals surface area contributed by atoms with Gasteiger partial charge in [0.1, 0.15) is 6.10 Å². The Labute approximate surface area is 96.2 Å². The Morgan fingerprint density at radius 2 is 1.94 bits per heavy atom. The fourth-order valence-corrected chi connectivity index (χ4v) is 1.29. The zero-order chi connectivity index (χ0) is 12.0. The van der Waals surface area contributed by atoms with Crippen molar-refractivity contribution in [3.05, 3.63) is 60.2 Å². The highest BCUT2D eigenvalue weighted by molar-refractivity contribution is 5.82. The smallest absolute Gasteiger partial charge is 0.331 e. The van der Waals surface area contributed by atoms with Crippen LogP contribution in [-0.4, -0.2) is 5.97 Å². The van der Waals surface area contributed by atoms with E-state index in [0.717, 1.165) is 11.1 Å². The number of hydrogen-bond donors (Lipinski definition) is 0. The third kappa shape index (κ3) is 3.73. The van der Waals surface area contributed by atoms with Gasteiger partial charge in [0.15, 0.2) is 0 Å². The van der Waals surface area contributed by atoms with Gasteiger partial charge in [-0.2, -0.15) is 0 Å². The lowest BCUT2D eigenvalue weighted by molar-refractivity contribution is -0.141. The molecule has 1 aromatic rings. The molecule has 0 bridgehead atoms. The highest BCUT2D eigenvalue weighted by atomic mass is 16.5. The maximum absolute atomic E-state index is 11.4. The van der Waals surface area contributed by atoms with Crippen LogP contribution in [0.5, 0.6) is 0 Å². The average molecular weight is 216 g/mol. The molecule has 0 saturated heterocycles. The van der Waals surface area contributed by atoms with Crippen LogP contribution in [0.1, 0.15) is 25.5 Å². The number of carbonyl (C=O) groups excluding carboxylic acids is 1. The van der Waals surface area contributed by atoms with E-state index in [0.29, 0.717) is 0 Å². The van der Waals surface area contributed by atoms with Crippen LogP contribution in [0, 0.1) is 0 Å². The van der Waals surface area contributed by atoms with Crippen molar-refractivity contribution >= 4 is 5.97 Å². The minimum absolute atomic E-state index is 0.339. The third-order valence-electron chi connectivity index (χ3n) is 1.99. The highest BCUT2D eigenvalue weighted by Crippen LogP contribution is 2.18. The van der Waals surface area contributed by atoms with E-state index in [-0.39, 0.29) is 12.1 Å². The first-order valence-corrected chi connectivity index (χ1v) is 5.16. The van der Waals surface area contributed by atoms with E-state index in [1.807, 2.05) is 44.2 Å². The van der Waals surface area contributed by atoms with E-state index < -0.39 is 0 Å². The van der Waals surface area contributed by atoms with Gasteiger partial charge in [-0.3, -0.25) is 0 Å². The first-order valence-electron chi connectivity index (χ1n) is 5.16. The Kier molecular flexibility index (Phi) is 4.52. The standard InChI is InChI=1S/C14H16O2/c1-4-13(12-8-6-5-7-9-12)16-14(15)10-11(2)3/h4-10,13H,1H2,2-3H3. The van der Waals surface area contributed by atoms with E-state index in [2.05, 4.69) is 6.58 Å². The molecule has 1 atom stereocenters. The number of hydrogen-bond acceptors (Lipinski definition) is 2. The monoisotopic (exact) mass is 216 g/mol. The second-order valence-electron chi connectivity index (χ2n) is 3.73. The van der Waals surface area contributed by atoms with Gasteiger partial charge in [-0.05, 0) is 25.5 Å². The Morgan fingerprint density at radius 3 is 2.44 bits per heavy atom. The van der Waals surface area contributed by atoms with Gasteiger partial charge in [0, 0.05) is 6.08 Å². The van der Waals surface area contributed by atoms with Gasteiger partial charge in [0.2, 0.25) is 0 Å². The van der Waals surface area contributed by atoms with Crippen molar-refractivity contribution < 1.29 is 9.53 Å². The zero-order valence-corrected chi connectivity index (χ0v) is 9.64. The molecule has 0 heterocycles. The zero-order valence-electron chi connectivity index (χ0n) is 9.64. The predicted molar refractivity (Wildman–Crippen MR) is 64.9 cm³/mol. The lowest BCUT2D eigenvalue weighted by atomic mass is 10.1. The second kappa shape index (κ2) is 5.91. The molecule has 0 aliphatic carbocycles. The molecular formula is C14H16O2. The van der Waals surface area contributed by atoms with Crippen molar-refractivity contribution in [1.29, 1.82) is 0 Å². The number of esters is 1. The molecule has 0 aliphatic heterocycles. The summed E-state index contributed by atoms with van der Waals surface area (Å²) >= 11 is 0. The molecular weight excluding hydrogens is 200 g/mol. The molecule has 1 aromatic carbocycles. The van der Waals surface area contributed by atoms with Crippen LogP contribution >= 0.6 is 0 Å². The number of rotatable bonds is 4. The molecule has 2 nitrogen and oxygen atoms in total. The summed E-state index contributed by atoms with van der Waals surface area (Å²) in [7, 11) is 0. The molecule has 0 aromatic heterocycles. The molecule has 0 saturated carbocycles. The van der Waals surface area contributed by atoms with Gasteiger partial charge in [-0.25, -0.2) is 4.79 Å². The van der Waals surface area contributed by atoms with Crippen LogP contribution in [0.15, 0.2) is 54.6 Å². The fraction of sp³-hybridized carbons (Fsp3) is 0.214. The maximum Gasteiger partial charge on any atom is 0.331 e. The molecule has 0 aliphatic rings. The quantitative estimate of drug-likeness (QED) is 0.438. The van der Waals surface area contributed by atoms with E-state index in [4.69, 9.17) is 4.74 Å². The van der Waals surface area contributed by atoms with E-state index in [1.165, 1.54) is 6.08 Å². The summed E-state index contributed by atoms with van der Waals surface area (Å²) in [5.74, 6) is -0.339.